The van der Waals surface area contributed by atoms with Gasteiger partial charge in [0, 0.05) is 23.3 Å². The number of carboxylic acid groups (broad SMARTS) is 1. The van der Waals surface area contributed by atoms with E-state index in [2.05, 4.69) is 62.1 Å². The maximum absolute atomic E-state index is 11.2. The van der Waals surface area contributed by atoms with Gasteiger partial charge in [-0.05, 0) is 83.5 Å². The Morgan fingerprint density at radius 2 is 1.79 bits per heavy atom. The Morgan fingerprint density at radius 3 is 2.52 bits per heavy atom. The van der Waals surface area contributed by atoms with E-state index in [4.69, 9.17) is 10.4 Å². The van der Waals surface area contributed by atoms with Gasteiger partial charge in [0.1, 0.15) is 11.6 Å². The van der Waals surface area contributed by atoms with Gasteiger partial charge in [0.25, 0.3) is 0 Å². The van der Waals surface area contributed by atoms with E-state index in [-0.39, 0.29) is 11.0 Å². The first-order valence-corrected chi connectivity index (χ1v) is 11.3. The number of carbonyl (C=O) groups is 1. The van der Waals surface area contributed by atoms with E-state index in [1.165, 1.54) is 45.1 Å². The molecular formula is C29H26N2O2. The number of fused-ring (bicyclic) bond motifs is 4. The number of carboxylic acids is 1. The van der Waals surface area contributed by atoms with Crippen molar-refractivity contribution in [1.82, 2.24) is 0 Å². The molecule has 0 fully saturated rings. The minimum Gasteiger partial charge on any atom is -0.477 e. The molecule has 3 aromatic carbocycles. The third-order valence-electron chi connectivity index (χ3n) is 7.01. The molecular weight excluding hydrogens is 408 g/mol. The van der Waals surface area contributed by atoms with Crippen LogP contribution in [0.2, 0.25) is 0 Å². The standard InChI is InChI=1S/C29H26N2O2/c1-18-6-9-23-24-10-8-22(16-26(24)29(2,3)25(23)13-18)31-12-4-5-20-14-19(7-11-27(20)31)15-21(17-30)28(32)33/h6-11,13-16H,4-5,12H2,1-3H3,(H,32,33)/b21-15+. The molecule has 2 aliphatic rings. The van der Waals surface area contributed by atoms with Crippen LogP contribution in [0.1, 0.15) is 48.1 Å². The van der Waals surface area contributed by atoms with E-state index in [1.54, 1.807) is 6.07 Å². The first kappa shape index (κ1) is 21.0. The highest BCUT2D eigenvalue weighted by Gasteiger charge is 2.36. The van der Waals surface area contributed by atoms with Gasteiger partial charge in [-0.3, -0.25) is 0 Å². The van der Waals surface area contributed by atoms with Crippen molar-refractivity contribution in [2.24, 2.45) is 0 Å². The molecule has 4 heteroatoms. The molecule has 33 heavy (non-hydrogen) atoms. The molecule has 0 saturated carbocycles. The highest BCUT2D eigenvalue weighted by Crippen LogP contribution is 2.50. The molecule has 1 N–H and O–H groups in total. The van der Waals surface area contributed by atoms with Crippen LogP contribution in [0.15, 0.2) is 60.2 Å². The van der Waals surface area contributed by atoms with Crippen molar-refractivity contribution in [2.75, 3.05) is 11.4 Å². The molecule has 1 aliphatic heterocycles. The average Bonchev–Trinajstić information content (AvgIpc) is 3.02. The summed E-state index contributed by atoms with van der Waals surface area (Å²) in [7, 11) is 0. The predicted molar refractivity (Wildman–Crippen MR) is 132 cm³/mol. The summed E-state index contributed by atoms with van der Waals surface area (Å²) in [6.07, 6.45) is 3.40. The molecule has 1 heterocycles. The Hall–Kier alpha value is -3.84. The molecule has 4 nitrogen and oxygen atoms in total. The van der Waals surface area contributed by atoms with Crippen molar-refractivity contribution in [2.45, 2.75) is 39.0 Å². The molecule has 3 aromatic rings. The van der Waals surface area contributed by atoms with Crippen molar-refractivity contribution >= 4 is 23.4 Å². The maximum atomic E-state index is 11.2. The summed E-state index contributed by atoms with van der Waals surface area (Å²) in [5.74, 6) is -1.20. The van der Waals surface area contributed by atoms with Crippen LogP contribution < -0.4 is 4.90 Å². The zero-order chi connectivity index (χ0) is 23.3. The van der Waals surface area contributed by atoms with Crippen LogP contribution in [-0.4, -0.2) is 17.6 Å². The second-order valence-electron chi connectivity index (χ2n) is 9.52. The topological polar surface area (TPSA) is 64.3 Å². The average molecular weight is 435 g/mol. The third kappa shape index (κ3) is 3.41. The first-order valence-electron chi connectivity index (χ1n) is 11.3. The highest BCUT2D eigenvalue weighted by molar-refractivity contribution is 5.96. The van der Waals surface area contributed by atoms with Crippen molar-refractivity contribution in [3.05, 3.63) is 88.0 Å². The van der Waals surface area contributed by atoms with Gasteiger partial charge < -0.3 is 10.0 Å². The smallest absolute Gasteiger partial charge is 0.346 e. The maximum Gasteiger partial charge on any atom is 0.346 e. The van der Waals surface area contributed by atoms with Crippen LogP contribution in [0.5, 0.6) is 0 Å². The van der Waals surface area contributed by atoms with E-state index < -0.39 is 5.97 Å². The molecule has 0 radical (unpaired) electrons. The predicted octanol–water partition coefficient (Wildman–Crippen LogP) is 6.38. The van der Waals surface area contributed by atoms with E-state index in [1.807, 2.05) is 18.2 Å². The number of rotatable bonds is 3. The molecule has 164 valence electrons. The number of benzene rings is 3. The fourth-order valence-corrected chi connectivity index (χ4v) is 5.29. The second kappa shape index (κ2) is 7.64. The van der Waals surface area contributed by atoms with Crippen LogP contribution in [0.4, 0.5) is 11.4 Å². The fraction of sp³-hybridized carbons (Fsp3) is 0.241. The number of anilines is 2. The summed E-state index contributed by atoms with van der Waals surface area (Å²) in [6.45, 7) is 7.69. The van der Waals surface area contributed by atoms with E-state index >= 15 is 0 Å². The fourth-order valence-electron chi connectivity index (χ4n) is 5.29. The molecule has 0 atom stereocenters. The Labute approximate surface area is 194 Å². The van der Waals surface area contributed by atoms with Gasteiger partial charge in [-0.2, -0.15) is 5.26 Å². The highest BCUT2D eigenvalue weighted by atomic mass is 16.4. The van der Waals surface area contributed by atoms with Gasteiger partial charge in [-0.15, -0.1) is 0 Å². The summed E-state index contributed by atoms with van der Waals surface area (Å²) in [5.41, 5.74) is 10.6. The number of aryl methyl sites for hydroxylation is 2. The SMILES string of the molecule is Cc1ccc2c(c1)C(C)(C)c1cc(N3CCCc4cc(/C=C(\C#N)C(=O)O)ccc43)ccc1-2. The van der Waals surface area contributed by atoms with Crippen LogP contribution in [0.25, 0.3) is 17.2 Å². The Morgan fingerprint density at radius 1 is 1.06 bits per heavy atom. The van der Waals surface area contributed by atoms with Gasteiger partial charge in [0.2, 0.25) is 0 Å². The first-order chi connectivity index (χ1) is 15.8. The second-order valence-corrected chi connectivity index (χ2v) is 9.52. The minimum atomic E-state index is -1.20. The molecule has 0 amide bonds. The molecule has 0 unspecified atom stereocenters. The lowest BCUT2D eigenvalue weighted by Gasteiger charge is -2.33. The largest absolute Gasteiger partial charge is 0.477 e. The number of nitriles is 1. The lowest BCUT2D eigenvalue weighted by molar-refractivity contribution is -0.132. The number of hydrogen-bond acceptors (Lipinski definition) is 3. The van der Waals surface area contributed by atoms with Gasteiger partial charge in [-0.1, -0.05) is 49.7 Å². The van der Waals surface area contributed by atoms with Gasteiger partial charge in [0.05, 0.1) is 0 Å². The quantitative estimate of drug-likeness (QED) is 0.384. The summed E-state index contributed by atoms with van der Waals surface area (Å²) >= 11 is 0. The monoisotopic (exact) mass is 434 g/mol. The Balaban J connectivity index is 1.55. The molecule has 0 aromatic heterocycles. The zero-order valence-electron chi connectivity index (χ0n) is 19.1. The number of hydrogen-bond donors (Lipinski definition) is 1. The molecule has 0 spiro atoms. The normalized spacial score (nSPS) is 15.9. The van der Waals surface area contributed by atoms with Crippen molar-refractivity contribution in [3.63, 3.8) is 0 Å². The Bertz CT molecular complexity index is 1370. The summed E-state index contributed by atoms with van der Waals surface area (Å²) < 4.78 is 0. The lowest BCUT2D eigenvalue weighted by Crippen LogP contribution is -2.25. The minimum absolute atomic E-state index is 0.0511. The third-order valence-corrected chi connectivity index (χ3v) is 7.01. The Kier molecular flexibility index (Phi) is 4.87. The van der Waals surface area contributed by atoms with Crippen LogP contribution in [0, 0.1) is 18.3 Å². The van der Waals surface area contributed by atoms with Gasteiger partial charge in [0.15, 0.2) is 0 Å². The van der Waals surface area contributed by atoms with E-state index in [9.17, 15) is 4.79 Å². The number of nitrogens with zero attached hydrogens (tertiary/aromatic N) is 2. The van der Waals surface area contributed by atoms with Crippen molar-refractivity contribution < 1.29 is 9.90 Å². The van der Waals surface area contributed by atoms with E-state index in [0.29, 0.717) is 0 Å². The molecule has 0 bridgehead atoms. The van der Waals surface area contributed by atoms with Gasteiger partial charge in [-0.25, -0.2) is 4.79 Å². The molecule has 5 rings (SSSR count). The van der Waals surface area contributed by atoms with Crippen molar-refractivity contribution in [3.8, 4) is 17.2 Å². The van der Waals surface area contributed by atoms with Crippen molar-refractivity contribution in [1.29, 1.82) is 5.26 Å². The summed E-state index contributed by atoms with van der Waals surface area (Å²) in [6, 6.07) is 21.3. The lowest BCUT2D eigenvalue weighted by atomic mass is 9.82. The zero-order valence-corrected chi connectivity index (χ0v) is 19.1. The van der Waals surface area contributed by atoms with Crippen LogP contribution >= 0.6 is 0 Å². The van der Waals surface area contributed by atoms with Crippen LogP contribution in [0.3, 0.4) is 0 Å². The summed E-state index contributed by atoms with van der Waals surface area (Å²) in [5, 5.41) is 18.2. The summed E-state index contributed by atoms with van der Waals surface area (Å²) in [4.78, 5) is 13.6. The van der Waals surface area contributed by atoms with E-state index in [0.717, 1.165) is 30.6 Å². The number of aliphatic carboxylic acids is 1. The molecule has 1 aliphatic carbocycles. The van der Waals surface area contributed by atoms with Gasteiger partial charge >= 0.3 is 5.97 Å². The van der Waals surface area contributed by atoms with Crippen LogP contribution in [-0.2, 0) is 16.6 Å². The molecule has 0 saturated heterocycles.